The molecule has 17 heavy (non-hydrogen) atoms. The lowest BCUT2D eigenvalue weighted by molar-refractivity contribution is -0.0716. The van der Waals surface area contributed by atoms with Crippen LogP contribution in [0.25, 0.3) is 0 Å². The fourth-order valence-electron chi connectivity index (χ4n) is 2.86. The fraction of sp³-hybridized carbons (Fsp3) is 1.00. The molecule has 0 amide bonds. The maximum atomic E-state index is 6.20. The molecule has 3 atom stereocenters. The largest absolute Gasteiger partial charge is 0.376 e. The SMILES string of the molecule is NC1CCCCCCC1OCC1CCCCO1. The van der Waals surface area contributed by atoms with Gasteiger partial charge in [-0.05, 0) is 32.1 Å². The first-order valence-corrected chi connectivity index (χ1v) is 7.35. The summed E-state index contributed by atoms with van der Waals surface area (Å²) in [4.78, 5) is 0. The Labute approximate surface area is 105 Å². The number of hydrogen-bond acceptors (Lipinski definition) is 3. The number of nitrogens with two attached hydrogens (primary N) is 1. The van der Waals surface area contributed by atoms with Crippen molar-refractivity contribution in [3.8, 4) is 0 Å². The van der Waals surface area contributed by atoms with Crippen molar-refractivity contribution >= 4 is 0 Å². The van der Waals surface area contributed by atoms with E-state index in [1.54, 1.807) is 0 Å². The predicted octanol–water partition coefficient (Wildman–Crippen LogP) is 2.62. The lowest BCUT2D eigenvalue weighted by Gasteiger charge is -2.29. The summed E-state index contributed by atoms with van der Waals surface area (Å²) in [5, 5.41) is 0. The zero-order valence-corrected chi connectivity index (χ0v) is 10.9. The second-order valence-electron chi connectivity index (χ2n) is 5.52. The van der Waals surface area contributed by atoms with Crippen LogP contribution < -0.4 is 5.73 Å². The van der Waals surface area contributed by atoms with Gasteiger partial charge in [0, 0.05) is 12.6 Å². The highest BCUT2D eigenvalue weighted by Crippen LogP contribution is 2.20. The number of hydrogen-bond donors (Lipinski definition) is 1. The van der Waals surface area contributed by atoms with Crippen LogP contribution in [0.4, 0.5) is 0 Å². The van der Waals surface area contributed by atoms with Crippen molar-refractivity contribution in [1.29, 1.82) is 0 Å². The summed E-state index contributed by atoms with van der Waals surface area (Å²) in [5.41, 5.74) is 6.20. The highest BCUT2D eigenvalue weighted by molar-refractivity contribution is 4.77. The quantitative estimate of drug-likeness (QED) is 0.826. The Hall–Kier alpha value is -0.120. The monoisotopic (exact) mass is 241 g/mol. The molecular weight excluding hydrogens is 214 g/mol. The maximum Gasteiger partial charge on any atom is 0.0808 e. The molecule has 2 rings (SSSR count). The summed E-state index contributed by atoms with van der Waals surface area (Å²) < 4.78 is 11.7. The van der Waals surface area contributed by atoms with E-state index >= 15 is 0 Å². The Morgan fingerprint density at radius 3 is 2.47 bits per heavy atom. The smallest absolute Gasteiger partial charge is 0.0808 e. The fourth-order valence-corrected chi connectivity index (χ4v) is 2.86. The molecule has 0 aromatic carbocycles. The van der Waals surface area contributed by atoms with Crippen LogP contribution in [-0.4, -0.2) is 31.5 Å². The average Bonchev–Trinajstić information content (AvgIpc) is 2.35. The first-order chi connectivity index (χ1) is 8.36. The van der Waals surface area contributed by atoms with Gasteiger partial charge in [-0.25, -0.2) is 0 Å². The Balaban J connectivity index is 1.71. The molecule has 2 aliphatic rings. The van der Waals surface area contributed by atoms with E-state index in [0.29, 0.717) is 6.10 Å². The van der Waals surface area contributed by atoms with Crippen molar-refractivity contribution in [2.75, 3.05) is 13.2 Å². The van der Waals surface area contributed by atoms with E-state index in [1.807, 2.05) is 0 Å². The van der Waals surface area contributed by atoms with Gasteiger partial charge in [0.05, 0.1) is 18.8 Å². The Morgan fingerprint density at radius 1 is 0.941 bits per heavy atom. The first-order valence-electron chi connectivity index (χ1n) is 7.35. The van der Waals surface area contributed by atoms with Crippen molar-refractivity contribution < 1.29 is 9.47 Å². The van der Waals surface area contributed by atoms with E-state index in [9.17, 15) is 0 Å². The van der Waals surface area contributed by atoms with E-state index in [4.69, 9.17) is 15.2 Å². The molecular formula is C14H27NO2. The van der Waals surface area contributed by atoms with Crippen LogP contribution in [0.15, 0.2) is 0 Å². The molecule has 1 saturated carbocycles. The van der Waals surface area contributed by atoms with Gasteiger partial charge < -0.3 is 15.2 Å². The molecule has 1 aliphatic heterocycles. The average molecular weight is 241 g/mol. The Bertz CT molecular complexity index is 204. The van der Waals surface area contributed by atoms with Crippen LogP contribution in [0.5, 0.6) is 0 Å². The molecule has 0 spiro atoms. The zero-order valence-electron chi connectivity index (χ0n) is 10.9. The van der Waals surface area contributed by atoms with Gasteiger partial charge in [0.2, 0.25) is 0 Å². The van der Waals surface area contributed by atoms with Crippen LogP contribution in [0.3, 0.4) is 0 Å². The van der Waals surface area contributed by atoms with Crippen LogP contribution in [0.1, 0.15) is 57.8 Å². The molecule has 1 heterocycles. The third-order valence-electron chi connectivity index (χ3n) is 4.02. The van der Waals surface area contributed by atoms with Crippen LogP contribution in [-0.2, 0) is 9.47 Å². The van der Waals surface area contributed by atoms with Crippen molar-refractivity contribution in [3.63, 3.8) is 0 Å². The second-order valence-corrected chi connectivity index (χ2v) is 5.52. The van der Waals surface area contributed by atoms with Gasteiger partial charge >= 0.3 is 0 Å². The van der Waals surface area contributed by atoms with Gasteiger partial charge in [-0.2, -0.15) is 0 Å². The minimum Gasteiger partial charge on any atom is -0.376 e. The summed E-state index contributed by atoms with van der Waals surface area (Å²) in [6.45, 7) is 1.66. The van der Waals surface area contributed by atoms with Gasteiger partial charge in [-0.3, -0.25) is 0 Å². The summed E-state index contributed by atoms with van der Waals surface area (Å²) in [5.74, 6) is 0. The Kier molecular flexibility index (Phi) is 5.75. The lowest BCUT2D eigenvalue weighted by Crippen LogP contribution is -2.39. The lowest BCUT2D eigenvalue weighted by atomic mass is 9.95. The molecule has 2 fully saturated rings. The van der Waals surface area contributed by atoms with Crippen LogP contribution in [0.2, 0.25) is 0 Å². The third kappa shape index (κ3) is 4.57. The van der Waals surface area contributed by atoms with Crippen molar-refractivity contribution in [2.45, 2.75) is 76.0 Å². The van der Waals surface area contributed by atoms with Crippen LogP contribution in [0, 0.1) is 0 Å². The van der Waals surface area contributed by atoms with Gasteiger partial charge in [0.1, 0.15) is 0 Å². The molecule has 0 radical (unpaired) electrons. The molecule has 100 valence electrons. The topological polar surface area (TPSA) is 44.5 Å². The summed E-state index contributed by atoms with van der Waals surface area (Å²) >= 11 is 0. The normalized spacial score (nSPS) is 36.2. The maximum absolute atomic E-state index is 6.20. The highest BCUT2D eigenvalue weighted by atomic mass is 16.5. The predicted molar refractivity (Wildman–Crippen MR) is 69.0 cm³/mol. The van der Waals surface area contributed by atoms with E-state index in [-0.39, 0.29) is 12.1 Å². The molecule has 0 aromatic heterocycles. The van der Waals surface area contributed by atoms with E-state index < -0.39 is 0 Å². The van der Waals surface area contributed by atoms with E-state index in [0.717, 1.165) is 32.5 Å². The zero-order chi connectivity index (χ0) is 11.9. The molecule has 0 bridgehead atoms. The molecule has 1 saturated heterocycles. The highest BCUT2D eigenvalue weighted by Gasteiger charge is 2.22. The van der Waals surface area contributed by atoms with Crippen LogP contribution >= 0.6 is 0 Å². The van der Waals surface area contributed by atoms with Gasteiger partial charge in [0.25, 0.3) is 0 Å². The summed E-state index contributed by atoms with van der Waals surface area (Å²) in [6.07, 6.45) is 11.7. The minimum absolute atomic E-state index is 0.235. The van der Waals surface area contributed by atoms with Crippen molar-refractivity contribution in [3.05, 3.63) is 0 Å². The molecule has 0 aromatic rings. The first kappa shape index (κ1) is 13.3. The molecule has 1 aliphatic carbocycles. The van der Waals surface area contributed by atoms with Crippen molar-refractivity contribution in [1.82, 2.24) is 0 Å². The minimum atomic E-state index is 0.235. The number of rotatable bonds is 3. The van der Waals surface area contributed by atoms with Gasteiger partial charge in [0.15, 0.2) is 0 Å². The van der Waals surface area contributed by atoms with E-state index in [2.05, 4.69) is 0 Å². The molecule has 3 nitrogen and oxygen atoms in total. The van der Waals surface area contributed by atoms with Gasteiger partial charge in [-0.15, -0.1) is 0 Å². The number of ether oxygens (including phenoxy) is 2. The molecule has 3 heteroatoms. The van der Waals surface area contributed by atoms with E-state index in [1.165, 1.54) is 38.5 Å². The van der Waals surface area contributed by atoms with Gasteiger partial charge in [-0.1, -0.05) is 25.7 Å². The second kappa shape index (κ2) is 7.34. The summed E-state index contributed by atoms with van der Waals surface area (Å²) in [7, 11) is 0. The standard InChI is InChI=1S/C14H27NO2/c15-13-8-3-1-2-4-9-14(13)17-11-12-7-5-6-10-16-12/h12-14H,1-11,15H2. The summed E-state index contributed by atoms with van der Waals surface area (Å²) in [6, 6.07) is 0.235. The third-order valence-corrected chi connectivity index (χ3v) is 4.02. The Morgan fingerprint density at radius 2 is 1.71 bits per heavy atom. The molecule has 3 unspecified atom stereocenters. The van der Waals surface area contributed by atoms with Crippen molar-refractivity contribution in [2.24, 2.45) is 5.73 Å². The molecule has 2 N–H and O–H groups in total.